The van der Waals surface area contributed by atoms with Crippen molar-refractivity contribution in [3.8, 4) is 44.9 Å². The van der Waals surface area contributed by atoms with Gasteiger partial charge in [0.15, 0.2) is 0 Å². The Bertz CT molecular complexity index is 3370. The first-order valence-electron chi connectivity index (χ1n) is 22.3. The van der Waals surface area contributed by atoms with Gasteiger partial charge in [0, 0.05) is 39.0 Å². The fraction of sp³-hybridized carbons (Fsp3) is 0.0645. The molecule has 1 spiro atoms. The first-order chi connectivity index (χ1) is 31.5. The Balaban J connectivity index is 1.04. The van der Waals surface area contributed by atoms with Gasteiger partial charge in [-0.05, 0) is 91.7 Å². The normalized spacial score (nSPS) is 15.3. The van der Waals surface area contributed by atoms with Gasteiger partial charge in [0.05, 0.1) is 11.1 Å². The molecule has 0 fully saturated rings. The van der Waals surface area contributed by atoms with Gasteiger partial charge in [-0.2, -0.15) is 0 Å². The Morgan fingerprint density at radius 3 is 1.64 bits per heavy atom. The quantitative estimate of drug-likeness (QED) is 0.166. The first kappa shape index (κ1) is 37.8. The lowest BCUT2D eigenvalue weighted by molar-refractivity contribution is 0.427. The van der Waals surface area contributed by atoms with Crippen molar-refractivity contribution in [1.29, 1.82) is 0 Å². The molecule has 2 nitrogen and oxygen atoms in total. The average molecular weight is 820 g/mol. The van der Waals surface area contributed by atoms with Gasteiger partial charge < -0.3 is 9.64 Å². The SMILES string of the molecule is CC1(C)c2ccccc2C2(c3ccccc3Oc3c(-c4ccc(N(c5ccc(-c6ccccc6)cc5)c5ccccc5-c5ccccc5)cc4)cccc32)c2ccc3ccccc3c21. The van der Waals surface area contributed by atoms with Gasteiger partial charge in [-0.15, -0.1) is 0 Å². The smallest absolute Gasteiger partial charge is 0.140 e. The summed E-state index contributed by atoms with van der Waals surface area (Å²) in [5.41, 5.74) is 16.9. The summed E-state index contributed by atoms with van der Waals surface area (Å²) in [6, 6.07) is 86.1. The van der Waals surface area contributed by atoms with Crippen LogP contribution in [0.3, 0.4) is 0 Å². The van der Waals surface area contributed by atoms with E-state index in [2.05, 4.69) is 255 Å². The molecule has 0 bridgehead atoms. The Kier molecular flexibility index (Phi) is 8.77. The zero-order chi connectivity index (χ0) is 42.8. The third kappa shape index (κ3) is 5.72. The van der Waals surface area contributed by atoms with Crippen molar-refractivity contribution in [2.45, 2.75) is 24.7 Å². The molecule has 10 aromatic rings. The molecule has 0 saturated heterocycles. The topological polar surface area (TPSA) is 12.5 Å². The molecule has 1 unspecified atom stereocenters. The number of hydrogen-bond acceptors (Lipinski definition) is 2. The van der Waals surface area contributed by atoms with E-state index in [9.17, 15) is 0 Å². The number of hydrogen-bond donors (Lipinski definition) is 0. The van der Waals surface area contributed by atoms with Crippen LogP contribution in [-0.2, 0) is 10.8 Å². The average Bonchev–Trinajstić information content (AvgIpc) is 3.36. The number of anilines is 3. The number of ether oxygens (including phenoxy) is 1. The van der Waals surface area contributed by atoms with Gasteiger partial charge in [0.25, 0.3) is 0 Å². The largest absolute Gasteiger partial charge is 0.456 e. The lowest BCUT2D eigenvalue weighted by Crippen LogP contribution is -2.43. The van der Waals surface area contributed by atoms with Crippen LogP contribution in [0.1, 0.15) is 47.2 Å². The van der Waals surface area contributed by atoms with Crippen molar-refractivity contribution in [3.05, 3.63) is 270 Å². The number of rotatable bonds is 6. The van der Waals surface area contributed by atoms with Crippen LogP contribution < -0.4 is 9.64 Å². The summed E-state index contributed by atoms with van der Waals surface area (Å²) in [6.45, 7) is 4.79. The van der Waals surface area contributed by atoms with E-state index in [1.165, 1.54) is 55.3 Å². The van der Waals surface area contributed by atoms with Gasteiger partial charge in [-0.25, -0.2) is 0 Å². The number of para-hydroxylation sites is 3. The van der Waals surface area contributed by atoms with Crippen molar-refractivity contribution < 1.29 is 4.74 Å². The molecule has 0 amide bonds. The number of benzene rings is 10. The molecule has 2 aliphatic rings. The second-order valence-corrected chi connectivity index (χ2v) is 17.6. The van der Waals surface area contributed by atoms with Crippen LogP contribution in [0.5, 0.6) is 11.5 Å². The Morgan fingerprint density at radius 1 is 0.359 bits per heavy atom. The summed E-state index contributed by atoms with van der Waals surface area (Å²) in [5.74, 6) is 1.78. The van der Waals surface area contributed by atoms with Gasteiger partial charge >= 0.3 is 0 Å². The highest BCUT2D eigenvalue weighted by atomic mass is 16.5. The molecule has 2 heteroatoms. The van der Waals surface area contributed by atoms with E-state index in [1.807, 2.05) is 0 Å². The van der Waals surface area contributed by atoms with Crippen LogP contribution in [0, 0.1) is 0 Å². The lowest BCUT2D eigenvalue weighted by atomic mass is 9.53. The zero-order valence-corrected chi connectivity index (χ0v) is 35.9. The number of nitrogens with zero attached hydrogens (tertiary/aromatic N) is 1. The van der Waals surface area contributed by atoms with E-state index >= 15 is 0 Å². The minimum atomic E-state index is -0.616. The van der Waals surface area contributed by atoms with Gasteiger partial charge in [-0.1, -0.05) is 214 Å². The molecular weight excluding hydrogens is 775 g/mol. The summed E-state index contributed by atoms with van der Waals surface area (Å²) >= 11 is 0. The summed E-state index contributed by atoms with van der Waals surface area (Å²) < 4.78 is 7.18. The maximum atomic E-state index is 7.18. The molecular formula is C62H45NO. The minimum absolute atomic E-state index is 0.244. The van der Waals surface area contributed by atoms with E-state index in [-0.39, 0.29) is 5.41 Å². The molecule has 10 aromatic carbocycles. The first-order valence-corrected chi connectivity index (χ1v) is 22.3. The second kappa shape index (κ2) is 14.9. The van der Waals surface area contributed by atoms with Crippen molar-refractivity contribution in [2.24, 2.45) is 0 Å². The fourth-order valence-electron chi connectivity index (χ4n) is 10.9. The summed E-state index contributed by atoms with van der Waals surface area (Å²) in [7, 11) is 0. The van der Waals surface area contributed by atoms with Crippen molar-refractivity contribution in [3.63, 3.8) is 0 Å². The molecule has 1 aliphatic carbocycles. The highest BCUT2D eigenvalue weighted by molar-refractivity contribution is 5.93. The van der Waals surface area contributed by atoms with E-state index in [1.54, 1.807) is 0 Å². The highest BCUT2D eigenvalue weighted by Crippen LogP contribution is 2.63. The van der Waals surface area contributed by atoms with Crippen LogP contribution in [0.25, 0.3) is 44.2 Å². The predicted molar refractivity (Wildman–Crippen MR) is 265 cm³/mol. The van der Waals surface area contributed by atoms with Crippen LogP contribution in [0.2, 0.25) is 0 Å². The van der Waals surface area contributed by atoms with Crippen LogP contribution in [0.4, 0.5) is 17.1 Å². The molecule has 1 atom stereocenters. The van der Waals surface area contributed by atoms with Crippen molar-refractivity contribution >= 4 is 27.8 Å². The maximum Gasteiger partial charge on any atom is 0.140 e. The lowest BCUT2D eigenvalue weighted by Gasteiger charge is -2.50. The molecule has 64 heavy (non-hydrogen) atoms. The molecule has 1 aliphatic heterocycles. The van der Waals surface area contributed by atoms with E-state index < -0.39 is 5.41 Å². The summed E-state index contributed by atoms with van der Waals surface area (Å²) in [6.07, 6.45) is 0. The Hall–Kier alpha value is -7.94. The van der Waals surface area contributed by atoms with Crippen molar-refractivity contribution in [1.82, 2.24) is 0 Å². The highest BCUT2D eigenvalue weighted by Gasteiger charge is 2.53. The maximum absolute atomic E-state index is 7.18. The minimum Gasteiger partial charge on any atom is -0.456 e. The molecule has 0 aromatic heterocycles. The van der Waals surface area contributed by atoms with Gasteiger partial charge in [-0.3, -0.25) is 0 Å². The van der Waals surface area contributed by atoms with Crippen LogP contribution in [-0.4, -0.2) is 0 Å². The fourth-order valence-corrected chi connectivity index (χ4v) is 10.9. The van der Waals surface area contributed by atoms with E-state index in [0.717, 1.165) is 50.8 Å². The van der Waals surface area contributed by atoms with Crippen molar-refractivity contribution in [2.75, 3.05) is 4.90 Å². The molecule has 304 valence electrons. The summed E-state index contributed by atoms with van der Waals surface area (Å²) in [4.78, 5) is 2.38. The third-order valence-corrected chi connectivity index (χ3v) is 13.8. The zero-order valence-electron chi connectivity index (χ0n) is 35.9. The monoisotopic (exact) mass is 819 g/mol. The Labute approximate surface area is 375 Å². The molecule has 12 rings (SSSR count). The van der Waals surface area contributed by atoms with Gasteiger partial charge in [0.2, 0.25) is 0 Å². The molecule has 1 heterocycles. The van der Waals surface area contributed by atoms with Crippen LogP contribution >= 0.6 is 0 Å². The Morgan fingerprint density at radius 2 is 0.891 bits per heavy atom. The van der Waals surface area contributed by atoms with Gasteiger partial charge in [0.1, 0.15) is 11.5 Å². The molecule has 0 radical (unpaired) electrons. The molecule has 0 N–H and O–H groups in total. The predicted octanol–water partition coefficient (Wildman–Crippen LogP) is 16.4. The molecule has 0 saturated carbocycles. The summed E-state index contributed by atoms with van der Waals surface area (Å²) in [5, 5.41) is 2.55. The number of fused-ring (bicyclic) bond motifs is 10. The van der Waals surface area contributed by atoms with E-state index in [0.29, 0.717) is 0 Å². The standard InChI is InChI=1S/C62H45NO/c1-61(2)52-26-12-13-27-53(52)62(55-41-36-45-22-9-10-24-50(45)59(55)61)54-28-14-16-31-58(54)64-60-51(25-17-29-56(60)62)46-34-39-48(40-35-46)63(47-37-32-43(33-38-47)42-18-5-3-6-19-42)57-30-15-11-23-49(57)44-20-7-4-8-21-44/h3-41H,1-2H3. The third-order valence-electron chi connectivity index (χ3n) is 13.8. The van der Waals surface area contributed by atoms with Crippen LogP contribution in [0.15, 0.2) is 237 Å². The second-order valence-electron chi connectivity index (χ2n) is 17.6. The van der Waals surface area contributed by atoms with E-state index in [4.69, 9.17) is 4.74 Å².